The van der Waals surface area contributed by atoms with Gasteiger partial charge in [-0.2, -0.15) is 0 Å². The standard InChI is InChI=1S/C19H17F3N2O2/c1-11-5-6-16(21)15(18(11)22)10-23-19(25)17-9-14(24-26-17)8-12-3-2-4-13(20)7-12/h2-7,17H,8-10H2,1H3,(H,23,25). The Morgan fingerprint density at radius 2 is 2.08 bits per heavy atom. The molecule has 0 saturated heterocycles. The van der Waals surface area contributed by atoms with Crippen LogP contribution in [0.4, 0.5) is 13.2 Å². The minimum absolute atomic E-state index is 0.197. The smallest absolute Gasteiger partial charge is 0.264 e. The summed E-state index contributed by atoms with van der Waals surface area (Å²) >= 11 is 0. The summed E-state index contributed by atoms with van der Waals surface area (Å²) in [5, 5.41) is 6.32. The molecule has 1 aliphatic rings. The number of hydrogen-bond donors (Lipinski definition) is 1. The van der Waals surface area contributed by atoms with Gasteiger partial charge >= 0.3 is 0 Å². The van der Waals surface area contributed by atoms with Crippen molar-refractivity contribution in [2.45, 2.75) is 32.4 Å². The number of rotatable bonds is 5. The van der Waals surface area contributed by atoms with Crippen LogP contribution in [0, 0.1) is 24.4 Å². The average Bonchev–Trinajstić information content (AvgIpc) is 3.07. The zero-order valence-corrected chi connectivity index (χ0v) is 14.1. The Kier molecular flexibility index (Phi) is 5.25. The van der Waals surface area contributed by atoms with Gasteiger partial charge < -0.3 is 10.2 Å². The number of aryl methyl sites for hydroxylation is 1. The van der Waals surface area contributed by atoms with E-state index in [2.05, 4.69) is 10.5 Å². The fraction of sp³-hybridized carbons (Fsp3) is 0.263. The Morgan fingerprint density at radius 1 is 1.27 bits per heavy atom. The summed E-state index contributed by atoms with van der Waals surface area (Å²) in [6.07, 6.45) is -0.265. The first-order valence-electron chi connectivity index (χ1n) is 8.11. The Labute approximate surface area is 148 Å². The summed E-state index contributed by atoms with van der Waals surface area (Å²) in [5.74, 6) is -2.26. The maximum absolute atomic E-state index is 14.0. The highest BCUT2D eigenvalue weighted by Gasteiger charge is 2.28. The molecule has 7 heteroatoms. The van der Waals surface area contributed by atoms with Crippen LogP contribution < -0.4 is 5.32 Å². The van der Waals surface area contributed by atoms with Gasteiger partial charge in [0.25, 0.3) is 5.91 Å². The number of carbonyl (C=O) groups excluding carboxylic acids is 1. The maximum Gasteiger partial charge on any atom is 0.264 e. The van der Waals surface area contributed by atoms with Gasteiger partial charge in [0.1, 0.15) is 17.5 Å². The van der Waals surface area contributed by atoms with Crippen LogP contribution in [0.25, 0.3) is 0 Å². The summed E-state index contributed by atoms with van der Waals surface area (Å²) in [5.41, 5.74) is 1.42. The molecule has 0 fully saturated rings. The fourth-order valence-electron chi connectivity index (χ4n) is 2.72. The second-order valence-corrected chi connectivity index (χ2v) is 6.14. The number of nitrogens with zero attached hydrogens (tertiary/aromatic N) is 1. The molecule has 0 bridgehead atoms. The summed E-state index contributed by atoms with van der Waals surface area (Å²) in [4.78, 5) is 17.3. The summed E-state index contributed by atoms with van der Waals surface area (Å²) in [7, 11) is 0. The molecule has 1 atom stereocenters. The first-order chi connectivity index (χ1) is 12.4. The van der Waals surface area contributed by atoms with Crippen LogP contribution in [0.15, 0.2) is 41.6 Å². The lowest BCUT2D eigenvalue weighted by atomic mass is 10.0. The molecule has 136 valence electrons. The third-order valence-corrected chi connectivity index (χ3v) is 4.14. The minimum atomic E-state index is -0.866. The van der Waals surface area contributed by atoms with Crippen molar-refractivity contribution in [2.75, 3.05) is 0 Å². The molecule has 26 heavy (non-hydrogen) atoms. The van der Waals surface area contributed by atoms with E-state index in [0.717, 1.165) is 11.6 Å². The molecule has 1 unspecified atom stereocenters. The summed E-state index contributed by atoms with van der Waals surface area (Å²) < 4.78 is 40.9. The molecule has 2 aromatic rings. The molecule has 1 amide bonds. The second kappa shape index (κ2) is 7.59. The lowest BCUT2D eigenvalue weighted by Gasteiger charge is -2.11. The van der Waals surface area contributed by atoms with E-state index in [1.165, 1.54) is 25.1 Å². The molecule has 1 N–H and O–H groups in total. The minimum Gasteiger partial charge on any atom is -0.382 e. The van der Waals surface area contributed by atoms with Gasteiger partial charge in [-0.15, -0.1) is 0 Å². The predicted octanol–water partition coefficient (Wildman–Crippen LogP) is 3.42. The number of hydrogen-bond acceptors (Lipinski definition) is 3. The van der Waals surface area contributed by atoms with Gasteiger partial charge in [-0.1, -0.05) is 23.4 Å². The Bertz CT molecular complexity index is 868. The van der Waals surface area contributed by atoms with Crippen LogP contribution in [0.1, 0.15) is 23.1 Å². The van der Waals surface area contributed by atoms with Crippen molar-refractivity contribution >= 4 is 11.6 Å². The molecule has 3 rings (SSSR count). The largest absolute Gasteiger partial charge is 0.382 e. The molecule has 0 aliphatic carbocycles. The topological polar surface area (TPSA) is 50.7 Å². The van der Waals surface area contributed by atoms with E-state index in [-0.39, 0.29) is 24.3 Å². The Hall–Kier alpha value is -2.83. The van der Waals surface area contributed by atoms with Gasteiger partial charge in [0.05, 0.1) is 5.71 Å². The molecule has 2 aromatic carbocycles. The van der Waals surface area contributed by atoms with Crippen molar-refractivity contribution in [3.8, 4) is 0 Å². The van der Waals surface area contributed by atoms with E-state index >= 15 is 0 Å². The number of carbonyl (C=O) groups is 1. The fourth-order valence-corrected chi connectivity index (χ4v) is 2.72. The summed E-state index contributed by atoms with van der Waals surface area (Å²) in [6, 6.07) is 8.57. The molecule has 4 nitrogen and oxygen atoms in total. The van der Waals surface area contributed by atoms with Crippen molar-refractivity contribution < 1.29 is 22.8 Å². The third-order valence-electron chi connectivity index (χ3n) is 4.14. The molecule has 0 radical (unpaired) electrons. The maximum atomic E-state index is 14.0. The van der Waals surface area contributed by atoms with Crippen molar-refractivity contribution in [1.82, 2.24) is 5.32 Å². The van der Waals surface area contributed by atoms with Crippen LogP contribution in [-0.2, 0) is 22.6 Å². The van der Waals surface area contributed by atoms with Crippen LogP contribution in [0.2, 0.25) is 0 Å². The number of nitrogens with one attached hydrogen (secondary N) is 1. The monoisotopic (exact) mass is 362 g/mol. The Balaban J connectivity index is 1.55. The predicted molar refractivity (Wildman–Crippen MR) is 90.0 cm³/mol. The lowest BCUT2D eigenvalue weighted by molar-refractivity contribution is -0.131. The van der Waals surface area contributed by atoms with Crippen molar-refractivity contribution in [1.29, 1.82) is 0 Å². The van der Waals surface area contributed by atoms with E-state index in [0.29, 0.717) is 17.7 Å². The van der Waals surface area contributed by atoms with Gasteiger partial charge in [0, 0.05) is 24.9 Å². The second-order valence-electron chi connectivity index (χ2n) is 6.14. The highest BCUT2D eigenvalue weighted by atomic mass is 19.1. The van der Waals surface area contributed by atoms with Crippen molar-refractivity contribution in [3.63, 3.8) is 0 Å². The van der Waals surface area contributed by atoms with Crippen LogP contribution >= 0.6 is 0 Å². The summed E-state index contributed by atoms with van der Waals surface area (Å²) in [6.45, 7) is 1.24. The van der Waals surface area contributed by atoms with Crippen LogP contribution in [0.3, 0.4) is 0 Å². The number of benzene rings is 2. The van der Waals surface area contributed by atoms with E-state index in [9.17, 15) is 18.0 Å². The van der Waals surface area contributed by atoms with Gasteiger partial charge in [-0.3, -0.25) is 4.79 Å². The van der Waals surface area contributed by atoms with E-state index in [4.69, 9.17) is 4.84 Å². The normalized spacial score (nSPS) is 16.2. The van der Waals surface area contributed by atoms with Crippen LogP contribution in [-0.4, -0.2) is 17.7 Å². The van der Waals surface area contributed by atoms with Gasteiger partial charge in [-0.05, 0) is 36.2 Å². The molecule has 0 aromatic heterocycles. The molecule has 1 aliphatic heterocycles. The first kappa shape index (κ1) is 18.0. The van der Waals surface area contributed by atoms with Gasteiger partial charge in [0.2, 0.25) is 6.10 Å². The lowest BCUT2D eigenvalue weighted by Crippen LogP contribution is -2.35. The Morgan fingerprint density at radius 3 is 2.85 bits per heavy atom. The molecule has 0 saturated carbocycles. The SMILES string of the molecule is Cc1ccc(F)c(CNC(=O)C2CC(Cc3cccc(F)c3)=NO2)c1F. The molecular weight excluding hydrogens is 345 g/mol. The van der Waals surface area contributed by atoms with Crippen LogP contribution in [0.5, 0.6) is 0 Å². The average molecular weight is 362 g/mol. The van der Waals surface area contributed by atoms with Gasteiger partial charge in [-0.25, -0.2) is 13.2 Å². The van der Waals surface area contributed by atoms with Crippen molar-refractivity contribution in [3.05, 3.63) is 70.5 Å². The quantitative estimate of drug-likeness (QED) is 0.886. The third kappa shape index (κ3) is 4.04. The zero-order valence-electron chi connectivity index (χ0n) is 14.1. The van der Waals surface area contributed by atoms with E-state index < -0.39 is 23.6 Å². The highest BCUT2D eigenvalue weighted by Crippen LogP contribution is 2.18. The highest BCUT2D eigenvalue weighted by molar-refractivity contribution is 5.93. The van der Waals surface area contributed by atoms with E-state index in [1.54, 1.807) is 12.1 Å². The molecule has 1 heterocycles. The number of oxime groups is 1. The molecular formula is C19H17F3N2O2. The first-order valence-corrected chi connectivity index (χ1v) is 8.11. The zero-order chi connectivity index (χ0) is 18.7. The van der Waals surface area contributed by atoms with E-state index in [1.807, 2.05) is 0 Å². The number of amides is 1. The van der Waals surface area contributed by atoms with Gasteiger partial charge in [0.15, 0.2) is 0 Å². The molecule has 0 spiro atoms. The van der Waals surface area contributed by atoms with Crippen molar-refractivity contribution in [2.24, 2.45) is 5.16 Å². The number of halogens is 3.